The molecule has 1 heterocycles. The Balaban J connectivity index is 1.93. The molecule has 1 N–H and O–H groups in total. The van der Waals surface area contributed by atoms with Gasteiger partial charge in [0.2, 0.25) is 5.91 Å². The zero-order chi connectivity index (χ0) is 13.5. The molecule has 4 heteroatoms. The standard InChI is InChI=1S/C15H18N2O2/c1-2-19-11-14(18)16-10-8-13-6-3-5-12-7-4-9-17-15(12)13/h3-7,9H,2,8,10-11H2,1H3,(H,16,18). The van der Waals surface area contributed by atoms with Crippen LogP contribution in [0.3, 0.4) is 0 Å². The number of aromatic nitrogens is 1. The van der Waals surface area contributed by atoms with Crippen molar-refractivity contribution in [3.63, 3.8) is 0 Å². The van der Waals surface area contributed by atoms with E-state index in [0.29, 0.717) is 13.2 Å². The number of carbonyl (C=O) groups excluding carboxylic acids is 1. The van der Waals surface area contributed by atoms with Gasteiger partial charge in [0, 0.05) is 24.7 Å². The van der Waals surface area contributed by atoms with Crippen LogP contribution in [0.5, 0.6) is 0 Å². The molecule has 2 rings (SSSR count). The molecule has 0 unspecified atom stereocenters. The minimum absolute atomic E-state index is 0.0740. The number of amides is 1. The van der Waals surface area contributed by atoms with Crippen molar-refractivity contribution in [2.24, 2.45) is 0 Å². The number of pyridine rings is 1. The summed E-state index contributed by atoms with van der Waals surface area (Å²) < 4.78 is 5.04. The second-order valence-corrected chi connectivity index (χ2v) is 4.23. The molecule has 19 heavy (non-hydrogen) atoms. The van der Waals surface area contributed by atoms with Crippen molar-refractivity contribution >= 4 is 16.8 Å². The van der Waals surface area contributed by atoms with Crippen LogP contribution in [0.1, 0.15) is 12.5 Å². The molecule has 0 bridgehead atoms. The first kappa shape index (κ1) is 13.5. The summed E-state index contributed by atoms with van der Waals surface area (Å²) in [6.07, 6.45) is 2.56. The number of rotatable bonds is 6. The molecule has 1 aromatic heterocycles. The number of fused-ring (bicyclic) bond motifs is 1. The lowest BCUT2D eigenvalue weighted by Crippen LogP contribution is -2.29. The second-order valence-electron chi connectivity index (χ2n) is 4.23. The van der Waals surface area contributed by atoms with Gasteiger partial charge in [-0.15, -0.1) is 0 Å². The van der Waals surface area contributed by atoms with Gasteiger partial charge in [-0.05, 0) is 25.0 Å². The molecule has 4 nitrogen and oxygen atoms in total. The van der Waals surface area contributed by atoms with E-state index in [1.165, 1.54) is 0 Å². The number of nitrogens with zero attached hydrogens (tertiary/aromatic N) is 1. The Hall–Kier alpha value is -1.94. The number of nitrogens with one attached hydrogen (secondary N) is 1. The minimum atomic E-state index is -0.0740. The van der Waals surface area contributed by atoms with E-state index in [0.717, 1.165) is 22.9 Å². The maximum absolute atomic E-state index is 11.4. The monoisotopic (exact) mass is 258 g/mol. The third-order valence-electron chi connectivity index (χ3n) is 2.87. The van der Waals surface area contributed by atoms with Crippen LogP contribution in [0, 0.1) is 0 Å². The Morgan fingerprint density at radius 2 is 2.16 bits per heavy atom. The van der Waals surface area contributed by atoms with Gasteiger partial charge in [-0.3, -0.25) is 9.78 Å². The van der Waals surface area contributed by atoms with Crippen LogP contribution >= 0.6 is 0 Å². The summed E-state index contributed by atoms with van der Waals surface area (Å²) in [6.45, 7) is 3.15. The van der Waals surface area contributed by atoms with Crippen LogP contribution < -0.4 is 5.32 Å². The first-order valence-corrected chi connectivity index (χ1v) is 6.48. The predicted molar refractivity (Wildman–Crippen MR) is 74.9 cm³/mol. The molecule has 0 saturated carbocycles. The van der Waals surface area contributed by atoms with Crippen molar-refractivity contribution < 1.29 is 9.53 Å². The van der Waals surface area contributed by atoms with Gasteiger partial charge in [-0.1, -0.05) is 24.3 Å². The van der Waals surface area contributed by atoms with Crippen molar-refractivity contribution in [3.05, 3.63) is 42.1 Å². The lowest BCUT2D eigenvalue weighted by atomic mass is 10.1. The molecule has 0 radical (unpaired) electrons. The van der Waals surface area contributed by atoms with Crippen LogP contribution in [-0.4, -0.2) is 30.6 Å². The second kappa shape index (κ2) is 6.85. The van der Waals surface area contributed by atoms with E-state index < -0.39 is 0 Å². The summed E-state index contributed by atoms with van der Waals surface area (Å²) in [4.78, 5) is 15.8. The van der Waals surface area contributed by atoms with Gasteiger partial charge < -0.3 is 10.1 Å². The third-order valence-corrected chi connectivity index (χ3v) is 2.87. The summed E-state index contributed by atoms with van der Waals surface area (Å²) >= 11 is 0. The maximum Gasteiger partial charge on any atom is 0.246 e. The zero-order valence-electron chi connectivity index (χ0n) is 11.1. The van der Waals surface area contributed by atoms with Gasteiger partial charge in [0.25, 0.3) is 0 Å². The van der Waals surface area contributed by atoms with E-state index >= 15 is 0 Å². The Morgan fingerprint density at radius 1 is 1.32 bits per heavy atom. The molecule has 0 fully saturated rings. The highest BCUT2D eigenvalue weighted by molar-refractivity contribution is 5.81. The molecule has 0 aliphatic rings. The minimum Gasteiger partial charge on any atom is -0.372 e. The van der Waals surface area contributed by atoms with Crippen LogP contribution in [-0.2, 0) is 16.0 Å². The van der Waals surface area contributed by atoms with Gasteiger partial charge in [0.1, 0.15) is 6.61 Å². The van der Waals surface area contributed by atoms with Crippen molar-refractivity contribution in [2.45, 2.75) is 13.3 Å². The van der Waals surface area contributed by atoms with E-state index in [4.69, 9.17) is 4.74 Å². The number of hydrogen-bond donors (Lipinski definition) is 1. The van der Waals surface area contributed by atoms with E-state index in [-0.39, 0.29) is 12.5 Å². The van der Waals surface area contributed by atoms with Crippen LogP contribution in [0.25, 0.3) is 10.9 Å². The van der Waals surface area contributed by atoms with E-state index in [9.17, 15) is 4.79 Å². The molecular weight excluding hydrogens is 240 g/mol. The highest BCUT2D eigenvalue weighted by atomic mass is 16.5. The molecular formula is C15H18N2O2. The largest absolute Gasteiger partial charge is 0.372 e. The number of hydrogen-bond acceptors (Lipinski definition) is 3. The lowest BCUT2D eigenvalue weighted by molar-refractivity contribution is -0.125. The normalized spacial score (nSPS) is 10.6. The molecule has 1 amide bonds. The lowest BCUT2D eigenvalue weighted by Gasteiger charge is -2.07. The van der Waals surface area contributed by atoms with Gasteiger partial charge in [0.05, 0.1) is 5.52 Å². The topological polar surface area (TPSA) is 51.2 Å². The summed E-state index contributed by atoms with van der Waals surface area (Å²) in [5, 5.41) is 3.96. The molecule has 0 saturated heterocycles. The van der Waals surface area contributed by atoms with Crippen molar-refractivity contribution in [1.82, 2.24) is 10.3 Å². The van der Waals surface area contributed by atoms with E-state index in [2.05, 4.69) is 10.3 Å². The highest BCUT2D eigenvalue weighted by Crippen LogP contribution is 2.15. The Kier molecular flexibility index (Phi) is 4.86. The number of carbonyl (C=O) groups is 1. The predicted octanol–water partition coefficient (Wildman–Crippen LogP) is 1.93. The van der Waals surface area contributed by atoms with Crippen LogP contribution in [0.4, 0.5) is 0 Å². The third kappa shape index (κ3) is 3.76. The van der Waals surface area contributed by atoms with Crippen LogP contribution in [0.15, 0.2) is 36.5 Å². The van der Waals surface area contributed by atoms with Gasteiger partial charge in [-0.2, -0.15) is 0 Å². The fourth-order valence-corrected chi connectivity index (χ4v) is 1.95. The Labute approximate surface area is 112 Å². The van der Waals surface area contributed by atoms with Gasteiger partial charge in [-0.25, -0.2) is 0 Å². The molecule has 2 aromatic rings. The zero-order valence-corrected chi connectivity index (χ0v) is 11.1. The van der Waals surface area contributed by atoms with Gasteiger partial charge >= 0.3 is 0 Å². The number of para-hydroxylation sites is 1. The van der Waals surface area contributed by atoms with Crippen molar-refractivity contribution in [2.75, 3.05) is 19.8 Å². The molecule has 0 spiro atoms. The highest BCUT2D eigenvalue weighted by Gasteiger charge is 2.03. The summed E-state index contributed by atoms with van der Waals surface area (Å²) in [5.41, 5.74) is 2.15. The maximum atomic E-state index is 11.4. The molecule has 100 valence electrons. The average Bonchev–Trinajstić information content (AvgIpc) is 2.45. The Bertz CT molecular complexity index is 549. The molecule has 0 atom stereocenters. The quantitative estimate of drug-likeness (QED) is 0.861. The van der Waals surface area contributed by atoms with Crippen molar-refractivity contribution in [3.8, 4) is 0 Å². The fourth-order valence-electron chi connectivity index (χ4n) is 1.95. The summed E-state index contributed by atoms with van der Waals surface area (Å²) in [7, 11) is 0. The average molecular weight is 258 g/mol. The smallest absolute Gasteiger partial charge is 0.246 e. The first-order valence-electron chi connectivity index (χ1n) is 6.48. The van der Waals surface area contributed by atoms with E-state index in [1.807, 2.05) is 37.3 Å². The van der Waals surface area contributed by atoms with Crippen LogP contribution in [0.2, 0.25) is 0 Å². The SMILES string of the molecule is CCOCC(=O)NCCc1cccc2cccnc12. The fraction of sp³-hybridized carbons (Fsp3) is 0.333. The summed E-state index contributed by atoms with van der Waals surface area (Å²) in [6, 6.07) is 10.1. The van der Waals surface area contributed by atoms with E-state index in [1.54, 1.807) is 6.20 Å². The van der Waals surface area contributed by atoms with Crippen molar-refractivity contribution in [1.29, 1.82) is 0 Å². The first-order chi connectivity index (χ1) is 9.31. The summed E-state index contributed by atoms with van der Waals surface area (Å²) in [5.74, 6) is -0.0740. The Morgan fingerprint density at radius 3 is 3.00 bits per heavy atom. The van der Waals surface area contributed by atoms with Gasteiger partial charge in [0.15, 0.2) is 0 Å². The molecule has 1 aromatic carbocycles. The number of ether oxygens (including phenoxy) is 1. The number of benzene rings is 1. The molecule has 0 aliphatic heterocycles. The molecule has 0 aliphatic carbocycles.